The van der Waals surface area contributed by atoms with Gasteiger partial charge in [0.05, 0.1) is 0 Å². The number of hydrogen-bond donors (Lipinski definition) is 0. The Labute approximate surface area is 162 Å². The van der Waals surface area contributed by atoms with Gasteiger partial charge in [-0.3, -0.25) is 4.90 Å². The van der Waals surface area contributed by atoms with Crippen molar-refractivity contribution >= 4 is 0 Å². The number of nitrogens with zero attached hydrogens (tertiary/aromatic N) is 1. The Balaban J connectivity index is 1.84. The fourth-order valence-electron chi connectivity index (χ4n) is 4.37. The summed E-state index contributed by atoms with van der Waals surface area (Å²) in [5.41, 5.74) is 1.76. The van der Waals surface area contributed by atoms with Gasteiger partial charge in [0.1, 0.15) is 12.4 Å². The zero-order chi connectivity index (χ0) is 18.8. The van der Waals surface area contributed by atoms with Crippen LogP contribution in [0.1, 0.15) is 91.0 Å². The molecule has 1 aromatic carbocycles. The average Bonchev–Trinajstić information content (AvgIpc) is 2.70. The van der Waals surface area contributed by atoms with Crippen LogP contribution in [0.5, 0.6) is 5.75 Å². The summed E-state index contributed by atoms with van der Waals surface area (Å²) in [6.07, 6.45) is 12.0. The lowest BCUT2D eigenvalue weighted by molar-refractivity contribution is 0.137. The molecule has 0 amide bonds. The Morgan fingerprint density at radius 3 is 2.31 bits per heavy atom. The van der Waals surface area contributed by atoms with Crippen LogP contribution in [0.4, 0.5) is 0 Å². The number of ether oxygens (including phenoxy) is 1. The zero-order valence-corrected chi connectivity index (χ0v) is 17.7. The van der Waals surface area contributed by atoms with Crippen LogP contribution in [0.25, 0.3) is 0 Å². The highest BCUT2D eigenvalue weighted by Crippen LogP contribution is 2.33. The second kappa shape index (κ2) is 11.0. The van der Waals surface area contributed by atoms with E-state index in [0.717, 1.165) is 31.5 Å². The van der Waals surface area contributed by atoms with Gasteiger partial charge in [0.15, 0.2) is 0 Å². The lowest BCUT2D eigenvalue weighted by Gasteiger charge is -2.33. The third-order valence-electron chi connectivity index (χ3n) is 6.56. The standard InChI is InChI=1S/C24H41NO/c1-5-8-18-24(4,6-2)21-14-16-23(17-15-21)26-20-19-25(7-3)22-12-10-9-11-13-22/h14-17,22H,5-13,18-20H2,1-4H3. The van der Waals surface area contributed by atoms with Crippen LogP contribution < -0.4 is 4.74 Å². The van der Waals surface area contributed by atoms with Gasteiger partial charge in [-0.25, -0.2) is 0 Å². The van der Waals surface area contributed by atoms with E-state index in [1.54, 1.807) is 0 Å². The van der Waals surface area contributed by atoms with Crippen molar-refractivity contribution in [2.45, 2.75) is 96.9 Å². The quantitative estimate of drug-likeness (QED) is 0.442. The number of unbranched alkanes of at least 4 members (excludes halogenated alkanes) is 1. The molecule has 1 aromatic rings. The summed E-state index contributed by atoms with van der Waals surface area (Å²) >= 11 is 0. The van der Waals surface area contributed by atoms with Gasteiger partial charge >= 0.3 is 0 Å². The minimum atomic E-state index is 0.300. The van der Waals surface area contributed by atoms with Crippen molar-refractivity contribution in [3.8, 4) is 5.75 Å². The molecule has 1 unspecified atom stereocenters. The maximum atomic E-state index is 6.07. The van der Waals surface area contributed by atoms with E-state index in [1.807, 2.05) is 0 Å². The molecule has 1 saturated carbocycles. The van der Waals surface area contributed by atoms with E-state index >= 15 is 0 Å². The Kier molecular flexibility index (Phi) is 8.98. The molecule has 0 saturated heterocycles. The average molecular weight is 360 g/mol. The number of likely N-dealkylation sites (N-methyl/N-ethyl adjacent to an activating group) is 1. The second-order valence-corrected chi connectivity index (χ2v) is 8.31. The van der Waals surface area contributed by atoms with E-state index in [4.69, 9.17) is 4.74 Å². The van der Waals surface area contributed by atoms with Crippen molar-refractivity contribution in [1.82, 2.24) is 4.90 Å². The molecule has 1 aliphatic rings. The van der Waals surface area contributed by atoms with Gasteiger partial charge in [0.2, 0.25) is 0 Å². The van der Waals surface area contributed by atoms with Crippen LogP contribution in [-0.2, 0) is 5.41 Å². The van der Waals surface area contributed by atoms with Crippen molar-refractivity contribution < 1.29 is 4.74 Å². The van der Waals surface area contributed by atoms with Gasteiger partial charge in [-0.1, -0.05) is 71.9 Å². The predicted molar refractivity (Wildman–Crippen MR) is 113 cm³/mol. The smallest absolute Gasteiger partial charge is 0.119 e. The lowest BCUT2D eigenvalue weighted by Crippen LogP contribution is -2.39. The predicted octanol–water partition coefficient (Wildman–Crippen LogP) is 6.58. The summed E-state index contributed by atoms with van der Waals surface area (Å²) in [6.45, 7) is 12.3. The van der Waals surface area contributed by atoms with E-state index in [9.17, 15) is 0 Å². The van der Waals surface area contributed by atoms with Gasteiger partial charge in [0, 0.05) is 12.6 Å². The van der Waals surface area contributed by atoms with Crippen LogP contribution in [0.15, 0.2) is 24.3 Å². The molecule has 1 aliphatic carbocycles. The van der Waals surface area contributed by atoms with Crippen molar-refractivity contribution in [3.63, 3.8) is 0 Å². The highest BCUT2D eigenvalue weighted by molar-refractivity contribution is 5.32. The van der Waals surface area contributed by atoms with Gasteiger partial charge in [-0.15, -0.1) is 0 Å². The molecular weight excluding hydrogens is 318 g/mol. The molecule has 1 atom stereocenters. The van der Waals surface area contributed by atoms with Gasteiger partial charge in [-0.05, 0) is 55.3 Å². The third kappa shape index (κ3) is 6.01. The molecule has 0 aliphatic heterocycles. The fraction of sp³-hybridized carbons (Fsp3) is 0.750. The number of benzene rings is 1. The Morgan fingerprint density at radius 1 is 1.04 bits per heavy atom. The molecule has 2 rings (SSSR count). The van der Waals surface area contributed by atoms with Crippen molar-refractivity contribution in [3.05, 3.63) is 29.8 Å². The first-order chi connectivity index (χ1) is 12.6. The molecule has 0 aromatic heterocycles. The molecule has 0 spiro atoms. The van der Waals surface area contributed by atoms with Crippen LogP contribution in [-0.4, -0.2) is 30.6 Å². The topological polar surface area (TPSA) is 12.5 Å². The van der Waals surface area contributed by atoms with Crippen LogP contribution in [0.3, 0.4) is 0 Å². The summed E-state index contributed by atoms with van der Waals surface area (Å²) in [4.78, 5) is 2.62. The van der Waals surface area contributed by atoms with Crippen LogP contribution in [0, 0.1) is 0 Å². The van der Waals surface area contributed by atoms with E-state index in [1.165, 1.54) is 63.4 Å². The Morgan fingerprint density at radius 2 is 1.73 bits per heavy atom. The Bertz CT molecular complexity index is 491. The maximum absolute atomic E-state index is 6.07. The minimum absolute atomic E-state index is 0.300. The van der Waals surface area contributed by atoms with Crippen LogP contribution in [0.2, 0.25) is 0 Å². The normalized spacial score (nSPS) is 18.0. The Hall–Kier alpha value is -1.02. The molecule has 2 heteroatoms. The van der Waals surface area contributed by atoms with E-state index in [0.29, 0.717) is 5.41 Å². The second-order valence-electron chi connectivity index (χ2n) is 8.31. The molecule has 0 heterocycles. The van der Waals surface area contributed by atoms with Gasteiger partial charge in [0.25, 0.3) is 0 Å². The molecule has 148 valence electrons. The third-order valence-corrected chi connectivity index (χ3v) is 6.56. The molecule has 0 bridgehead atoms. The highest BCUT2D eigenvalue weighted by atomic mass is 16.5. The lowest BCUT2D eigenvalue weighted by atomic mass is 9.76. The van der Waals surface area contributed by atoms with E-state index < -0.39 is 0 Å². The highest BCUT2D eigenvalue weighted by Gasteiger charge is 2.24. The van der Waals surface area contributed by atoms with Crippen molar-refractivity contribution in [1.29, 1.82) is 0 Å². The molecular formula is C24H41NO. The molecule has 0 N–H and O–H groups in total. The monoisotopic (exact) mass is 359 g/mol. The van der Waals surface area contributed by atoms with Crippen molar-refractivity contribution in [2.75, 3.05) is 19.7 Å². The summed E-state index contributed by atoms with van der Waals surface area (Å²) in [5.74, 6) is 1.02. The van der Waals surface area contributed by atoms with E-state index in [2.05, 4.69) is 56.9 Å². The van der Waals surface area contributed by atoms with Gasteiger partial charge in [-0.2, -0.15) is 0 Å². The zero-order valence-electron chi connectivity index (χ0n) is 17.7. The summed E-state index contributed by atoms with van der Waals surface area (Å²) in [5, 5.41) is 0. The molecule has 0 radical (unpaired) electrons. The summed E-state index contributed by atoms with van der Waals surface area (Å²) in [6, 6.07) is 9.70. The van der Waals surface area contributed by atoms with Crippen LogP contribution >= 0.6 is 0 Å². The number of rotatable bonds is 11. The largest absolute Gasteiger partial charge is 0.492 e. The maximum Gasteiger partial charge on any atom is 0.119 e. The van der Waals surface area contributed by atoms with E-state index in [-0.39, 0.29) is 0 Å². The summed E-state index contributed by atoms with van der Waals surface area (Å²) in [7, 11) is 0. The summed E-state index contributed by atoms with van der Waals surface area (Å²) < 4.78 is 6.07. The first-order valence-corrected chi connectivity index (χ1v) is 11.1. The number of hydrogen-bond acceptors (Lipinski definition) is 2. The minimum Gasteiger partial charge on any atom is -0.492 e. The van der Waals surface area contributed by atoms with Gasteiger partial charge < -0.3 is 4.74 Å². The molecule has 26 heavy (non-hydrogen) atoms. The SMILES string of the molecule is CCCCC(C)(CC)c1ccc(OCCN(CC)C2CCCCC2)cc1. The molecule has 2 nitrogen and oxygen atoms in total. The fourth-order valence-corrected chi connectivity index (χ4v) is 4.37. The molecule has 1 fully saturated rings. The first kappa shape index (κ1) is 21.3. The first-order valence-electron chi connectivity index (χ1n) is 11.1. The van der Waals surface area contributed by atoms with Crippen molar-refractivity contribution in [2.24, 2.45) is 0 Å².